The highest BCUT2D eigenvalue weighted by Gasteiger charge is 2.32. The molecule has 0 unspecified atom stereocenters. The van der Waals surface area contributed by atoms with Gasteiger partial charge in [0.15, 0.2) is 0 Å². The Morgan fingerprint density at radius 2 is 1.90 bits per heavy atom. The van der Waals surface area contributed by atoms with Crippen molar-refractivity contribution in [3.63, 3.8) is 0 Å². The molecule has 2 aromatic rings. The maximum atomic E-state index is 12.7. The molecule has 1 aromatic heterocycles. The number of rotatable bonds is 6. The van der Waals surface area contributed by atoms with Crippen LogP contribution < -0.4 is 5.32 Å². The van der Waals surface area contributed by atoms with Gasteiger partial charge in [0.2, 0.25) is 15.9 Å². The largest absolute Gasteiger partial charge is 0.350 e. The van der Waals surface area contributed by atoms with Crippen LogP contribution in [0, 0.1) is 23.0 Å². The van der Waals surface area contributed by atoms with E-state index in [-0.39, 0.29) is 35.5 Å². The van der Waals surface area contributed by atoms with Gasteiger partial charge in [-0.3, -0.25) is 19.6 Å². The molecule has 3 rings (SSSR count). The Hall–Kier alpha value is -2.79. The lowest BCUT2D eigenvalue weighted by molar-refractivity contribution is -0.384. The Bertz CT molecular complexity index is 988. The van der Waals surface area contributed by atoms with Gasteiger partial charge in [0.1, 0.15) is 0 Å². The van der Waals surface area contributed by atoms with Crippen LogP contribution in [0.3, 0.4) is 0 Å². The number of sulfonamides is 1. The number of aryl methyl sites for hydroxylation is 2. The Kier molecular flexibility index (Phi) is 5.99. The number of nitrogens with zero attached hydrogens (tertiary/aromatic N) is 4. The monoisotopic (exact) mass is 421 g/mol. The van der Waals surface area contributed by atoms with Gasteiger partial charge in [-0.05, 0) is 38.0 Å². The number of carbonyl (C=O) groups is 1. The fourth-order valence-corrected chi connectivity index (χ4v) is 4.76. The summed E-state index contributed by atoms with van der Waals surface area (Å²) in [6, 6.07) is 6.72. The number of piperidine rings is 1. The molecule has 1 aromatic carbocycles. The molecule has 0 atom stereocenters. The smallest absolute Gasteiger partial charge is 0.269 e. The number of non-ortho nitro benzene ring substituents is 1. The number of nitrogens with one attached hydrogen (secondary N) is 1. The fourth-order valence-electron chi connectivity index (χ4n) is 3.29. The zero-order valence-corrected chi connectivity index (χ0v) is 17.1. The Morgan fingerprint density at radius 1 is 1.28 bits per heavy atom. The topological polar surface area (TPSA) is 127 Å². The molecular formula is C18H23N5O5S. The molecular weight excluding hydrogens is 398 g/mol. The first-order valence-electron chi connectivity index (χ1n) is 9.20. The van der Waals surface area contributed by atoms with E-state index in [1.165, 1.54) is 28.6 Å². The third kappa shape index (κ3) is 4.62. The van der Waals surface area contributed by atoms with Crippen molar-refractivity contribution in [1.29, 1.82) is 0 Å². The molecule has 2 heterocycles. The molecule has 0 spiro atoms. The van der Waals surface area contributed by atoms with Crippen molar-refractivity contribution < 1.29 is 18.1 Å². The second-order valence-corrected chi connectivity index (χ2v) is 8.99. The van der Waals surface area contributed by atoms with Gasteiger partial charge >= 0.3 is 0 Å². The van der Waals surface area contributed by atoms with Crippen LogP contribution in [0.2, 0.25) is 0 Å². The predicted molar refractivity (Wildman–Crippen MR) is 104 cm³/mol. The average molecular weight is 421 g/mol. The highest BCUT2D eigenvalue weighted by atomic mass is 32.2. The van der Waals surface area contributed by atoms with Crippen molar-refractivity contribution in [3.8, 4) is 0 Å². The third-order valence-corrected chi connectivity index (χ3v) is 7.03. The quantitative estimate of drug-likeness (QED) is 0.554. The van der Waals surface area contributed by atoms with Crippen LogP contribution in [0.15, 0.2) is 35.2 Å². The van der Waals surface area contributed by atoms with E-state index in [1.54, 1.807) is 4.68 Å². The van der Waals surface area contributed by atoms with Crippen LogP contribution in [-0.4, -0.2) is 46.4 Å². The summed E-state index contributed by atoms with van der Waals surface area (Å²) in [5.74, 6) is -0.371. The summed E-state index contributed by atoms with van der Waals surface area (Å²) in [5, 5.41) is 17.9. The lowest BCUT2D eigenvalue weighted by Gasteiger charge is -2.30. The Labute approximate surface area is 168 Å². The number of aromatic nitrogens is 2. The molecule has 156 valence electrons. The van der Waals surface area contributed by atoms with E-state index in [9.17, 15) is 23.3 Å². The number of nitro groups is 1. The zero-order chi connectivity index (χ0) is 21.2. The minimum absolute atomic E-state index is 0.0107. The molecule has 0 radical (unpaired) electrons. The van der Waals surface area contributed by atoms with E-state index in [0.29, 0.717) is 19.4 Å². The Balaban J connectivity index is 1.56. The summed E-state index contributed by atoms with van der Waals surface area (Å²) in [4.78, 5) is 22.6. The average Bonchev–Trinajstić information content (AvgIpc) is 3.03. The van der Waals surface area contributed by atoms with Crippen LogP contribution in [0.1, 0.15) is 24.2 Å². The van der Waals surface area contributed by atoms with Crippen molar-refractivity contribution >= 4 is 21.6 Å². The van der Waals surface area contributed by atoms with Crippen molar-refractivity contribution in [2.24, 2.45) is 13.0 Å². The van der Waals surface area contributed by atoms with E-state index in [2.05, 4.69) is 10.4 Å². The molecule has 0 aliphatic carbocycles. The van der Waals surface area contributed by atoms with Gasteiger partial charge in [-0.2, -0.15) is 9.40 Å². The van der Waals surface area contributed by atoms with E-state index in [0.717, 1.165) is 11.4 Å². The highest BCUT2D eigenvalue weighted by Crippen LogP contribution is 2.25. The van der Waals surface area contributed by atoms with E-state index >= 15 is 0 Å². The summed E-state index contributed by atoms with van der Waals surface area (Å²) >= 11 is 0. The predicted octanol–water partition coefficient (Wildman–Crippen LogP) is 1.35. The molecule has 1 aliphatic heterocycles. The minimum Gasteiger partial charge on any atom is -0.350 e. The Morgan fingerprint density at radius 3 is 2.41 bits per heavy atom. The van der Waals surface area contributed by atoms with Gasteiger partial charge in [-0.15, -0.1) is 0 Å². The van der Waals surface area contributed by atoms with Gasteiger partial charge in [0, 0.05) is 43.9 Å². The molecule has 1 aliphatic rings. The third-order valence-electron chi connectivity index (χ3n) is 5.12. The summed E-state index contributed by atoms with van der Waals surface area (Å²) < 4.78 is 28.5. The maximum absolute atomic E-state index is 12.7. The number of amides is 1. The first-order valence-corrected chi connectivity index (χ1v) is 10.6. The van der Waals surface area contributed by atoms with Crippen LogP contribution in [0.5, 0.6) is 0 Å². The summed E-state index contributed by atoms with van der Waals surface area (Å²) in [7, 11) is -1.91. The second-order valence-electron chi connectivity index (χ2n) is 7.05. The van der Waals surface area contributed by atoms with Crippen molar-refractivity contribution in [3.05, 3.63) is 51.8 Å². The zero-order valence-electron chi connectivity index (χ0n) is 16.2. The molecule has 29 heavy (non-hydrogen) atoms. The fraction of sp³-hybridized carbons (Fsp3) is 0.444. The SMILES string of the molecule is Cc1cc(CNC(=O)C2CCN(S(=O)(=O)c3ccc([N+](=O)[O-])cc3)CC2)nn1C. The molecule has 0 bridgehead atoms. The molecule has 0 saturated carbocycles. The minimum atomic E-state index is -3.74. The summed E-state index contributed by atoms with van der Waals surface area (Å²) in [6.45, 7) is 2.71. The number of hydrogen-bond acceptors (Lipinski definition) is 6. The number of benzene rings is 1. The van der Waals surface area contributed by atoms with Gasteiger partial charge in [0.05, 0.1) is 22.1 Å². The maximum Gasteiger partial charge on any atom is 0.269 e. The van der Waals surface area contributed by atoms with Crippen molar-refractivity contribution in [1.82, 2.24) is 19.4 Å². The van der Waals surface area contributed by atoms with Gasteiger partial charge < -0.3 is 5.32 Å². The summed E-state index contributed by atoms with van der Waals surface area (Å²) in [5.41, 5.74) is 1.61. The van der Waals surface area contributed by atoms with Gasteiger partial charge in [-0.1, -0.05) is 0 Å². The molecule has 11 heteroatoms. The van der Waals surface area contributed by atoms with Crippen LogP contribution in [0.25, 0.3) is 0 Å². The molecule has 1 fully saturated rings. The lowest BCUT2D eigenvalue weighted by atomic mass is 9.97. The first kappa shape index (κ1) is 20.9. The second kappa shape index (κ2) is 8.29. The van der Waals surface area contributed by atoms with E-state index in [4.69, 9.17) is 0 Å². The first-order chi connectivity index (χ1) is 13.7. The highest BCUT2D eigenvalue weighted by molar-refractivity contribution is 7.89. The molecule has 10 nitrogen and oxygen atoms in total. The number of nitro benzene ring substituents is 1. The van der Waals surface area contributed by atoms with Crippen LogP contribution in [-0.2, 0) is 28.4 Å². The molecule has 1 N–H and O–H groups in total. The summed E-state index contributed by atoms with van der Waals surface area (Å²) in [6.07, 6.45) is 0.832. The van der Waals surface area contributed by atoms with Crippen LogP contribution >= 0.6 is 0 Å². The van der Waals surface area contributed by atoms with E-state index < -0.39 is 14.9 Å². The number of hydrogen-bond donors (Lipinski definition) is 1. The molecule has 1 amide bonds. The van der Waals surface area contributed by atoms with Gasteiger partial charge in [-0.25, -0.2) is 8.42 Å². The molecule has 1 saturated heterocycles. The van der Waals surface area contributed by atoms with Crippen molar-refractivity contribution in [2.75, 3.05) is 13.1 Å². The lowest BCUT2D eigenvalue weighted by Crippen LogP contribution is -2.42. The standard InChI is InChI=1S/C18H23N5O5S/c1-13-11-15(20-21(13)2)12-19-18(24)14-7-9-22(10-8-14)29(27,28)17-5-3-16(4-6-17)23(25)26/h3-6,11,14H,7-10,12H2,1-2H3,(H,19,24). The van der Waals surface area contributed by atoms with Crippen molar-refractivity contribution in [2.45, 2.75) is 31.2 Å². The van der Waals surface area contributed by atoms with E-state index in [1.807, 2.05) is 20.0 Å². The van der Waals surface area contributed by atoms with Gasteiger partial charge in [0.25, 0.3) is 5.69 Å². The normalized spacial score (nSPS) is 15.9. The number of carbonyl (C=O) groups excluding carboxylic acids is 1. The van der Waals surface area contributed by atoms with Crippen LogP contribution in [0.4, 0.5) is 5.69 Å².